The van der Waals surface area contributed by atoms with E-state index >= 15 is 0 Å². The molecule has 1 amide bonds. The third-order valence-corrected chi connectivity index (χ3v) is 3.62. The number of para-hydroxylation sites is 1. The van der Waals surface area contributed by atoms with E-state index in [0.717, 1.165) is 5.56 Å². The van der Waals surface area contributed by atoms with E-state index in [2.05, 4.69) is 16.4 Å². The Bertz CT molecular complexity index is 778. The maximum atomic E-state index is 11.2. The van der Waals surface area contributed by atoms with Crippen molar-refractivity contribution < 1.29 is 28.0 Å². The smallest absolute Gasteiger partial charge is 0.410 e. The molecule has 0 aliphatic carbocycles. The van der Waals surface area contributed by atoms with Crippen LogP contribution in [0, 0.1) is 6.92 Å². The van der Waals surface area contributed by atoms with Crippen molar-refractivity contribution in [2.24, 2.45) is 0 Å². The second-order valence-electron chi connectivity index (χ2n) is 5.12. The molecule has 26 heavy (non-hydrogen) atoms. The van der Waals surface area contributed by atoms with Gasteiger partial charge in [0, 0.05) is 7.05 Å². The molecule has 2 aromatic rings. The van der Waals surface area contributed by atoms with Crippen molar-refractivity contribution in [3.05, 3.63) is 72.5 Å². The summed E-state index contributed by atoms with van der Waals surface area (Å²) in [6, 6.07) is 15.6. The Morgan fingerprint density at radius 3 is 2.27 bits per heavy atom. The standard InChI is InChI=1S/C9H11NO2.C9H11O4P/c1-7-4-3-5-8(6-7)12-9(11)10-2;1-8(2)12-14(10,11)13-9-6-4-3-5-7-9/h3-6H,1-2H3,(H,10,11);3-7H,1H2,2H3,(H,10,11). The van der Waals surface area contributed by atoms with E-state index in [4.69, 9.17) is 9.26 Å². The van der Waals surface area contributed by atoms with E-state index in [9.17, 15) is 14.3 Å². The lowest BCUT2D eigenvalue weighted by Gasteiger charge is -2.12. The van der Waals surface area contributed by atoms with E-state index in [1.807, 2.05) is 19.1 Å². The predicted octanol–water partition coefficient (Wildman–Crippen LogP) is 4.43. The first-order chi connectivity index (χ1) is 12.2. The van der Waals surface area contributed by atoms with Gasteiger partial charge in [0.25, 0.3) is 0 Å². The summed E-state index contributed by atoms with van der Waals surface area (Å²) in [6.45, 7) is 6.76. The first kappa shape index (κ1) is 21.3. The molecule has 0 saturated carbocycles. The summed E-state index contributed by atoms with van der Waals surface area (Å²) < 4.78 is 25.4. The third kappa shape index (κ3) is 8.92. The van der Waals surface area contributed by atoms with Crippen LogP contribution in [0.15, 0.2) is 66.9 Å². The van der Waals surface area contributed by atoms with Gasteiger partial charge in [0.05, 0.1) is 5.76 Å². The molecular weight excluding hydrogens is 357 g/mol. The molecule has 0 aliphatic rings. The van der Waals surface area contributed by atoms with Crippen LogP contribution in [0.1, 0.15) is 12.5 Å². The van der Waals surface area contributed by atoms with Crippen LogP contribution in [0.4, 0.5) is 4.79 Å². The molecule has 0 heterocycles. The lowest BCUT2D eigenvalue weighted by atomic mass is 10.2. The van der Waals surface area contributed by atoms with Crippen LogP contribution in [0.2, 0.25) is 0 Å². The van der Waals surface area contributed by atoms with Gasteiger partial charge in [-0.1, -0.05) is 36.9 Å². The molecule has 0 saturated heterocycles. The number of rotatable bonds is 5. The Balaban J connectivity index is 0.000000263. The molecule has 0 aliphatic heterocycles. The summed E-state index contributed by atoms with van der Waals surface area (Å²) >= 11 is 0. The fourth-order valence-corrected chi connectivity index (χ4v) is 2.49. The van der Waals surface area contributed by atoms with Gasteiger partial charge in [0.2, 0.25) is 0 Å². The van der Waals surface area contributed by atoms with Crippen molar-refractivity contribution in [2.45, 2.75) is 13.8 Å². The average Bonchev–Trinajstić information content (AvgIpc) is 2.54. The highest BCUT2D eigenvalue weighted by molar-refractivity contribution is 7.48. The number of hydrogen-bond acceptors (Lipinski definition) is 5. The zero-order valence-corrected chi connectivity index (χ0v) is 15.7. The Kier molecular flexibility index (Phi) is 8.42. The number of amides is 1. The van der Waals surface area contributed by atoms with Crippen LogP contribution in [0.3, 0.4) is 0 Å². The van der Waals surface area contributed by atoms with Gasteiger partial charge >= 0.3 is 13.9 Å². The van der Waals surface area contributed by atoms with Crippen LogP contribution in [0.25, 0.3) is 0 Å². The molecule has 2 N–H and O–H groups in total. The van der Waals surface area contributed by atoms with E-state index in [0.29, 0.717) is 5.75 Å². The first-order valence-corrected chi connectivity index (χ1v) is 9.10. The molecule has 140 valence electrons. The number of hydrogen-bond donors (Lipinski definition) is 2. The third-order valence-electron chi connectivity index (χ3n) is 2.64. The van der Waals surface area contributed by atoms with Gasteiger partial charge in [-0.25, -0.2) is 9.36 Å². The number of ether oxygens (including phenoxy) is 1. The summed E-state index contributed by atoms with van der Waals surface area (Å²) in [4.78, 5) is 19.9. The van der Waals surface area contributed by atoms with E-state index in [1.54, 1.807) is 42.5 Å². The van der Waals surface area contributed by atoms with Crippen LogP contribution in [-0.2, 0) is 9.09 Å². The van der Waals surface area contributed by atoms with Crippen LogP contribution < -0.4 is 14.6 Å². The molecule has 1 unspecified atom stereocenters. The van der Waals surface area contributed by atoms with Crippen molar-refractivity contribution >= 4 is 13.9 Å². The molecule has 0 spiro atoms. The SMILES string of the molecule is C=C(C)OP(=O)(O)Oc1ccccc1.CNC(=O)Oc1cccc(C)c1. The van der Waals surface area contributed by atoms with Gasteiger partial charge in [0.1, 0.15) is 11.5 Å². The molecule has 2 rings (SSSR count). The lowest BCUT2D eigenvalue weighted by molar-refractivity contribution is 0.203. The first-order valence-electron chi connectivity index (χ1n) is 7.60. The molecule has 0 fully saturated rings. The molecule has 0 bridgehead atoms. The minimum atomic E-state index is -4.07. The molecular formula is C18H22NO6P. The zero-order chi connectivity index (χ0) is 19.6. The van der Waals surface area contributed by atoms with Crippen molar-refractivity contribution in [1.82, 2.24) is 5.32 Å². The number of phosphoric ester groups is 1. The Morgan fingerprint density at radius 2 is 1.73 bits per heavy atom. The number of aryl methyl sites for hydroxylation is 1. The maximum Gasteiger partial charge on any atom is 0.584 e. The largest absolute Gasteiger partial charge is 0.584 e. The fourth-order valence-electron chi connectivity index (χ4n) is 1.67. The monoisotopic (exact) mass is 379 g/mol. The number of carbonyl (C=O) groups excluding carboxylic acids is 1. The molecule has 0 radical (unpaired) electrons. The minimum absolute atomic E-state index is 0.131. The second-order valence-corrected chi connectivity index (χ2v) is 6.42. The quantitative estimate of drug-likeness (QED) is 0.590. The van der Waals surface area contributed by atoms with E-state index < -0.39 is 13.9 Å². The summed E-state index contributed by atoms with van der Waals surface area (Å²) in [5.41, 5.74) is 1.07. The molecule has 2 aromatic carbocycles. The summed E-state index contributed by atoms with van der Waals surface area (Å²) in [6.07, 6.45) is -0.444. The molecule has 0 aromatic heterocycles. The van der Waals surface area contributed by atoms with Crippen LogP contribution >= 0.6 is 7.82 Å². The van der Waals surface area contributed by atoms with Gasteiger partial charge < -0.3 is 19.1 Å². The normalized spacial score (nSPS) is 11.8. The van der Waals surface area contributed by atoms with Crippen LogP contribution in [-0.4, -0.2) is 18.0 Å². The van der Waals surface area contributed by atoms with Crippen molar-refractivity contribution in [1.29, 1.82) is 0 Å². The fraction of sp³-hybridized carbons (Fsp3) is 0.167. The van der Waals surface area contributed by atoms with Gasteiger partial charge in [-0.05, 0) is 43.7 Å². The van der Waals surface area contributed by atoms with Crippen molar-refractivity contribution in [3.63, 3.8) is 0 Å². The van der Waals surface area contributed by atoms with Crippen molar-refractivity contribution in [2.75, 3.05) is 7.05 Å². The second kappa shape index (κ2) is 10.3. The number of carbonyl (C=O) groups is 1. The lowest BCUT2D eigenvalue weighted by Crippen LogP contribution is -2.21. The highest BCUT2D eigenvalue weighted by atomic mass is 31.2. The Hall–Kier alpha value is -2.76. The van der Waals surface area contributed by atoms with Crippen molar-refractivity contribution in [3.8, 4) is 11.5 Å². The Morgan fingerprint density at radius 1 is 1.12 bits per heavy atom. The topological polar surface area (TPSA) is 94.1 Å². The summed E-state index contributed by atoms with van der Waals surface area (Å²) in [7, 11) is -2.54. The highest BCUT2D eigenvalue weighted by Crippen LogP contribution is 2.45. The highest BCUT2D eigenvalue weighted by Gasteiger charge is 2.23. The summed E-state index contributed by atoms with van der Waals surface area (Å²) in [5, 5.41) is 2.37. The number of nitrogens with one attached hydrogen (secondary N) is 1. The summed E-state index contributed by atoms with van der Waals surface area (Å²) in [5.74, 6) is 0.973. The van der Waals surface area contributed by atoms with Crippen LogP contribution in [0.5, 0.6) is 11.5 Å². The van der Waals surface area contributed by atoms with Gasteiger partial charge in [0.15, 0.2) is 0 Å². The van der Waals surface area contributed by atoms with E-state index in [1.165, 1.54) is 14.0 Å². The van der Waals surface area contributed by atoms with Gasteiger partial charge in [-0.15, -0.1) is 0 Å². The zero-order valence-electron chi connectivity index (χ0n) is 14.8. The average molecular weight is 379 g/mol. The Labute approximate surface area is 152 Å². The molecule has 1 atom stereocenters. The number of phosphoric acid groups is 1. The molecule has 7 nitrogen and oxygen atoms in total. The van der Waals surface area contributed by atoms with Gasteiger partial charge in [-0.2, -0.15) is 0 Å². The van der Waals surface area contributed by atoms with E-state index in [-0.39, 0.29) is 11.5 Å². The van der Waals surface area contributed by atoms with Gasteiger partial charge in [-0.3, -0.25) is 4.89 Å². The molecule has 8 heteroatoms. The number of allylic oxidation sites excluding steroid dienone is 1. The minimum Gasteiger partial charge on any atom is -0.410 e. The number of benzene rings is 2. The predicted molar refractivity (Wildman–Crippen MR) is 99.1 cm³/mol. The maximum absolute atomic E-state index is 11.2.